The van der Waals surface area contributed by atoms with Crippen molar-refractivity contribution in [2.24, 2.45) is 5.73 Å². The normalized spacial score (nSPS) is 16.9. The molecule has 1 heterocycles. The third-order valence-electron chi connectivity index (χ3n) is 5.90. The maximum Gasteiger partial charge on any atom is 0.316 e. The van der Waals surface area contributed by atoms with Gasteiger partial charge in [-0.05, 0) is 59.2 Å². The van der Waals surface area contributed by atoms with Gasteiger partial charge in [0.1, 0.15) is 5.82 Å². The van der Waals surface area contributed by atoms with E-state index in [9.17, 15) is 14.0 Å². The molecule has 0 saturated carbocycles. The van der Waals surface area contributed by atoms with Crippen molar-refractivity contribution in [2.75, 3.05) is 25.0 Å². The van der Waals surface area contributed by atoms with Crippen LogP contribution >= 0.6 is 0 Å². The predicted octanol–water partition coefficient (Wildman–Crippen LogP) is 4.22. The number of primary amides is 1. The second-order valence-corrected chi connectivity index (χ2v) is 8.35. The number of anilines is 1. The molecule has 3 N–H and O–H groups in total. The lowest BCUT2D eigenvalue weighted by atomic mass is 10.0. The molecule has 0 aliphatic carbocycles. The van der Waals surface area contributed by atoms with Gasteiger partial charge in [-0.1, -0.05) is 36.4 Å². The summed E-state index contributed by atoms with van der Waals surface area (Å²) in [5, 5.41) is 4.61. The Bertz CT molecular complexity index is 1190. The zero-order chi connectivity index (χ0) is 23.4. The van der Waals surface area contributed by atoms with Gasteiger partial charge in [0.2, 0.25) is 5.91 Å². The molecule has 1 fully saturated rings. The number of rotatable bonds is 5. The number of nitrogens with one attached hydrogen (secondary N) is 1. The Labute approximate surface area is 192 Å². The molecule has 1 aliphatic rings. The maximum atomic E-state index is 13.1. The number of fused-ring (bicyclic) bond motifs is 1. The highest BCUT2D eigenvalue weighted by molar-refractivity contribution is 5.99. The largest absolute Gasteiger partial charge is 0.351 e. The van der Waals surface area contributed by atoms with Crippen molar-refractivity contribution in [2.45, 2.75) is 19.5 Å². The van der Waals surface area contributed by atoms with E-state index in [1.165, 1.54) is 12.1 Å². The Morgan fingerprint density at radius 1 is 1.09 bits per heavy atom. The number of benzene rings is 3. The van der Waals surface area contributed by atoms with E-state index >= 15 is 0 Å². The molecule has 4 rings (SSSR count). The summed E-state index contributed by atoms with van der Waals surface area (Å²) in [5.41, 5.74) is 7.65. The van der Waals surface area contributed by atoms with Crippen molar-refractivity contribution >= 4 is 34.5 Å². The number of piperazine rings is 1. The summed E-state index contributed by atoms with van der Waals surface area (Å²) in [5.74, 6) is -0.322. The zero-order valence-corrected chi connectivity index (χ0v) is 18.5. The van der Waals surface area contributed by atoms with Gasteiger partial charge in [0.15, 0.2) is 0 Å². The molecule has 0 bridgehead atoms. The third kappa shape index (κ3) is 5.56. The fourth-order valence-corrected chi connectivity index (χ4v) is 4.25. The van der Waals surface area contributed by atoms with E-state index in [0.717, 1.165) is 36.0 Å². The average molecular weight is 447 g/mol. The lowest BCUT2D eigenvalue weighted by Crippen LogP contribution is -2.53. The van der Waals surface area contributed by atoms with Gasteiger partial charge >= 0.3 is 6.03 Å². The summed E-state index contributed by atoms with van der Waals surface area (Å²) in [4.78, 5) is 28.5. The first-order valence-electron chi connectivity index (χ1n) is 10.9. The topological polar surface area (TPSA) is 78.7 Å². The molecule has 0 radical (unpaired) electrons. The number of hydrogen-bond donors (Lipinski definition) is 2. The number of hydrogen-bond acceptors (Lipinski definition) is 3. The van der Waals surface area contributed by atoms with Crippen molar-refractivity contribution in [3.63, 3.8) is 0 Å². The molecule has 0 aromatic heterocycles. The first-order chi connectivity index (χ1) is 15.9. The Balaban J connectivity index is 1.44. The van der Waals surface area contributed by atoms with Crippen LogP contribution in [0.3, 0.4) is 0 Å². The van der Waals surface area contributed by atoms with Gasteiger partial charge in [-0.2, -0.15) is 0 Å². The van der Waals surface area contributed by atoms with Crippen LogP contribution in [-0.4, -0.2) is 47.4 Å². The van der Waals surface area contributed by atoms with E-state index in [2.05, 4.69) is 10.2 Å². The summed E-state index contributed by atoms with van der Waals surface area (Å²) in [6, 6.07) is 17.5. The minimum absolute atomic E-state index is 0.0381. The monoisotopic (exact) mass is 446 g/mol. The van der Waals surface area contributed by atoms with E-state index < -0.39 is 6.03 Å². The van der Waals surface area contributed by atoms with Crippen LogP contribution in [0.4, 0.5) is 14.9 Å². The van der Waals surface area contributed by atoms with Gasteiger partial charge in [-0.25, -0.2) is 9.18 Å². The predicted molar refractivity (Wildman–Crippen MR) is 129 cm³/mol. The van der Waals surface area contributed by atoms with Crippen molar-refractivity contribution < 1.29 is 14.0 Å². The number of carbonyl (C=O) groups excluding carboxylic acids is 2. The highest BCUT2D eigenvalue weighted by Crippen LogP contribution is 2.25. The van der Waals surface area contributed by atoms with Gasteiger partial charge in [0.25, 0.3) is 0 Å². The van der Waals surface area contributed by atoms with Crippen molar-refractivity contribution in [3.05, 3.63) is 83.7 Å². The lowest BCUT2D eigenvalue weighted by Gasteiger charge is -2.39. The highest BCUT2D eigenvalue weighted by atomic mass is 19.1. The van der Waals surface area contributed by atoms with E-state index in [0.29, 0.717) is 17.8 Å². The van der Waals surface area contributed by atoms with Crippen LogP contribution < -0.4 is 11.1 Å². The van der Waals surface area contributed by atoms with Gasteiger partial charge in [-0.15, -0.1) is 0 Å². The van der Waals surface area contributed by atoms with Gasteiger partial charge in [0.05, 0.1) is 5.69 Å². The van der Waals surface area contributed by atoms with Crippen LogP contribution in [0.15, 0.2) is 66.7 Å². The number of halogens is 1. The Morgan fingerprint density at radius 2 is 1.79 bits per heavy atom. The molecular formula is C26H27FN4O2. The number of nitrogens with zero attached hydrogens (tertiary/aromatic N) is 2. The summed E-state index contributed by atoms with van der Waals surface area (Å²) in [6.45, 7) is 4.84. The molecule has 170 valence electrons. The van der Waals surface area contributed by atoms with Gasteiger partial charge in [0, 0.05) is 38.3 Å². The van der Waals surface area contributed by atoms with E-state index in [-0.39, 0.29) is 17.8 Å². The van der Waals surface area contributed by atoms with Crippen LogP contribution in [0.5, 0.6) is 0 Å². The average Bonchev–Trinajstić information content (AvgIpc) is 2.78. The SMILES string of the molecule is CC1CN(Cc2ccc(F)cc2)CCN1C(=O)/C=C/c1cc2ccccc2cc1NC(N)=O. The molecule has 1 atom stereocenters. The molecule has 0 spiro atoms. The van der Waals surface area contributed by atoms with Crippen molar-refractivity contribution in [3.8, 4) is 0 Å². The minimum atomic E-state index is -0.655. The van der Waals surface area contributed by atoms with Crippen LogP contribution in [0.1, 0.15) is 18.1 Å². The molecule has 1 unspecified atom stereocenters. The molecule has 3 aromatic rings. The number of nitrogens with two attached hydrogens (primary N) is 1. The van der Waals surface area contributed by atoms with E-state index in [1.54, 1.807) is 24.3 Å². The van der Waals surface area contributed by atoms with Gasteiger partial charge in [-0.3, -0.25) is 9.69 Å². The maximum absolute atomic E-state index is 13.1. The Kier molecular flexibility index (Phi) is 6.70. The molecule has 3 aromatic carbocycles. The summed E-state index contributed by atoms with van der Waals surface area (Å²) in [7, 11) is 0. The van der Waals surface area contributed by atoms with Crippen LogP contribution in [-0.2, 0) is 11.3 Å². The molecular weight excluding hydrogens is 419 g/mol. The first kappa shape index (κ1) is 22.5. The van der Waals surface area contributed by atoms with Gasteiger partial charge < -0.3 is 16.0 Å². The van der Waals surface area contributed by atoms with E-state index in [1.807, 2.05) is 48.2 Å². The lowest BCUT2D eigenvalue weighted by molar-refractivity contribution is -0.130. The van der Waals surface area contributed by atoms with Crippen molar-refractivity contribution in [1.29, 1.82) is 0 Å². The Hall–Kier alpha value is -3.71. The molecule has 1 saturated heterocycles. The second kappa shape index (κ2) is 9.83. The summed E-state index contributed by atoms with van der Waals surface area (Å²) in [6.07, 6.45) is 3.26. The number of urea groups is 1. The number of carbonyl (C=O) groups is 2. The molecule has 3 amide bonds. The molecule has 7 heteroatoms. The number of amides is 3. The molecule has 1 aliphatic heterocycles. The molecule has 33 heavy (non-hydrogen) atoms. The fourth-order valence-electron chi connectivity index (χ4n) is 4.25. The summed E-state index contributed by atoms with van der Waals surface area (Å²) >= 11 is 0. The smallest absolute Gasteiger partial charge is 0.316 e. The van der Waals surface area contributed by atoms with Crippen LogP contribution in [0.2, 0.25) is 0 Å². The zero-order valence-electron chi connectivity index (χ0n) is 18.5. The van der Waals surface area contributed by atoms with Crippen molar-refractivity contribution in [1.82, 2.24) is 9.80 Å². The quantitative estimate of drug-likeness (QED) is 0.576. The first-order valence-corrected chi connectivity index (χ1v) is 10.9. The molecule has 6 nitrogen and oxygen atoms in total. The third-order valence-corrected chi connectivity index (χ3v) is 5.90. The van der Waals surface area contributed by atoms with Crippen LogP contribution in [0.25, 0.3) is 16.8 Å². The van der Waals surface area contributed by atoms with Crippen LogP contribution in [0, 0.1) is 5.82 Å². The second-order valence-electron chi connectivity index (χ2n) is 8.35. The fraction of sp³-hybridized carbons (Fsp3) is 0.231. The summed E-state index contributed by atoms with van der Waals surface area (Å²) < 4.78 is 13.1. The van der Waals surface area contributed by atoms with E-state index in [4.69, 9.17) is 5.73 Å². The minimum Gasteiger partial charge on any atom is -0.351 e. The Morgan fingerprint density at radius 3 is 2.45 bits per heavy atom. The standard InChI is InChI=1S/C26H27FN4O2/c1-18-16-30(17-19-6-9-23(27)10-7-19)12-13-31(18)25(32)11-8-22-14-20-4-2-3-5-21(20)15-24(22)29-26(28)33/h2-11,14-15,18H,12-13,16-17H2,1H3,(H3,28,29,33)/b11-8+. The highest BCUT2D eigenvalue weighted by Gasteiger charge is 2.26.